The molecular weight excluding hydrogens is 268 g/mol. The van der Waals surface area contributed by atoms with Crippen LogP contribution >= 0.6 is 0 Å². The lowest BCUT2D eigenvalue weighted by atomic mass is 10.0. The van der Waals surface area contributed by atoms with E-state index >= 15 is 0 Å². The molecule has 1 unspecified atom stereocenters. The molecule has 1 atom stereocenters. The van der Waals surface area contributed by atoms with Crippen molar-refractivity contribution < 1.29 is 14.7 Å². The first-order chi connectivity index (χ1) is 10.1. The molecule has 0 aliphatic heterocycles. The number of urea groups is 1. The van der Waals surface area contributed by atoms with Gasteiger partial charge in [0.05, 0.1) is 0 Å². The first kappa shape index (κ1) is 17.0. The van der Waals surface area contributed by atoms with Crippen molar-refractivity contribution >= 4 is 12.0 Å². The molecule has 1 rings (SSSR count). The summed E-state index contributed by atoms with van der Waals surface area (Å²) < 4.78 is 0. The quantitative estimate of drug-likeness (QED) is 0.612. The molecule has 0 saturated heterocycles. The van der Waals surface area contributed by atoms with Gasteiger partial charge in [-0.25, -0.2) is 4.79 Å². The molecular formula is C16H24N2O3. The Labute approximate surface area is 125 Å². The van der Waals surface area contributed by atoms with Crippen molar-refractivity contribution in [2.45, 2.75) is 38.5 Å². The van der Waals surface area contributed by atoms with Crippen LogP contribution in [0.3, 0.4) is 0 Å². The van der Waals surface area contributed by atoms with E-state index in [-0.39, 0.29) is 18.4 Å². The van der Waals surface area contributed by atoms with Crippen LogP contribution in [-0.2, 0) is 4.79 Å². The van der Waals surface area contributed by atoms with E-state index in [9.17, 15) is 9.59 Å². The number of carbonyl (C=O) groups is 2. The zero-order valence-corrected chi connectivity index (χ0v) is 12.5. The fourth-order valence-electron chi connectivity index (χ4n) is 1.99. The average Bonchev–Trinajstić information content (AvgIpc) is 2.49. The van der Waals surface area contributed by atoms with E-state index in [4.69, 9.17) is 5.11 Å². The molecule has 0 heterocycles. The van der Waals surface area contributed by atoms with Crippen LogP contribution in [0.1, 0.15) is 44.1 Å². The van der Waals surface area contributed by atoms with Gasteiger partial charge in [-0.05, 0) is 24.3 Å². The molecule has 0 spiro atoms. The van der Waals surface area contributed by atoms with E-state index in [0.717, 1.165) is 12.8 Å². The third-order valence-electron chi connectivity index (χ3n) is 3.29. The van der Waals surface area contributed by atoms with Crippen LogP contribution in [0.25, 0.3) is 0 Å². The van der Waals surface area contributed by atoms with Crippen molar-refractivity contribution in [1.29, 1.82) is 0 Å². The number of rotatable bonds is 9. The van der Waals surface area contributed by atoms with Gasteiger partial charge in [-0.3, -0.25) is 4.79 Å². The molecule has 2 amide bonds. The van der Waals surface area contributed by atoms with Crippen LogP contribution in [0.5, 0.6) is 0 Å². The van der Waals surface area contributed by atoms with E-state index in [2.05, 4.69) is 17.6 Å². The molecule has 0 bridgehead atoms. The van der Waals surface area contributed by atoms with Gasteiger partial charge >= 0.3 is 12.0 Å². The van der Waals surface area contributed by atoms with E-state index < -0.39 is 5.97 Å². The minimum atomic E-state index is -0.768. The van der Waals surface area contributed by atoms with Gasteiger partial charge in [0.15, 0.2) is 0 Å². The van der Waals surface area contributed by atoms with Crippen molar-refractivity contribution in [2.75, 3.05) is 13.1 Å². The standard InChI is InChI=1S/C16H24N2O3/c1-13(14-8-4-2-5-9-14)12-18-16(21)17-11-7-3-6-10-15(19)20/h2,4-5,8-9,13H,3,6-7,10-12H2,1H3,(H,19,20)(H2,17,18,21). The van der Waals surface area contributed by atoms with Crippen LogP contribution in [0, 0.1) is 0 Å². The second-order valence-corrected chi connectivity index (χ2v) is 5.15. The predicted octanol–water partition coefficient (Wildman–Crippen LogP) is 2.73. The third kappa shape index (κ3) is 7.97. The smallest absolute Gasteiger partial charge is 0.314 e. The summed E-state index contributed by atoms with van der Waals surface area (Å²) >= 11 is 0. The summed E-state index contributed by atoms with van der Waals surface area (Å²) in [5.74, 6) is -0.497. The highest BCUT2D eigenvalue weighted by Crippen LogP contribution is 2.12. The normalized spacial score (nSPS) is 11.7. The SMILES string of the molecule is CC(CNC(=O)NCCCCCC(=O)O)c1ccccc1. The molecule has 0 aliphatic carbocycles. The fraction of sp³-hybridized carbons (Fsp3) is 0.500. The molecule has 0 radical (unpaired) electrons. The number of aliphatic carboxylic acids is 1. The number of carboxylic acid groups (broad SMARTS) is 1. The van der Waals surface area contributed by atoms with E-state index in [1.165, 1.54) is 5.56 Å². The van der Waals surface area contributed by atoms with Crippen LogP contribution in [0.2, 0.25) is 0 Å². The topological polar surface area (TPSA) is 78.4 Å². The highest BCUT2D eigenvalue weighted by molar-refractivity contribution is 5.73. The second-order valence-electron chi connectivity index (χ2n) is 5.15. The Morgan fingerprint density at radius 3 is 2.48 bits per heavy atom. The van der Waals surface area contributed by atoms with Gasteiger partial charge in [0.1, 0.15) is 0 Å². The third-order valence-corrected chi connectivity index (χ3v) is 3.29. The molecule has 0 saturated carbocycles. The Morgan fingerprint density at radius 1 is 1.10 bits per heavy atom. The van der Waals surface area contributed by atoms with Gasteiger partial charge in [0.25, 0.3) is 0 Å². The summed E-state index contributed by atoms with van der Waals surface area (Å²) in [6.07, 6.45) is 2.46. The molecule has 5 heteroatoms. The van der Waals surface area contributed by atoms with Gasteiger partial charge in [-0.2, -0.15) is 0 Å². The van der Waals surface area contributed by atoms with Gasteiger partial charge in [0, 0.05) is 19.5 Å². The summed E-state index contributed by atoms with van der Waals surface area (Å²) in [7, 11) is 0. The Balaban J connectivity index is 2.07. The molecule has 1 aromatic rings. The van der Waals surface area contributed by atoms with Gasteiger partial charge in [0.2, 0.25) is 0 Å². The minimum Gasteiger partial charge on any atom is -0.481 e. The van der Waals surface area contributed by atoms with Gasteiger partial charge < -0.3 is 15.7 Å². The molecule has 3 N–H and O–H groups in total. The number of hydrogen-bond donors (Lipinski definition) is 3. The monoisotopic (exact) mass is 292 g/mol. The fourth-order valence-corrected chi connectivity index (χ4v) is 1.99. The molecule has 21 heavy (non-hydrogen) atoms. The predicted molar refractivity (Wildman–Crippen MR) is 82.4 cm³/mol. The Kier molecular flexibility index (Phi) is 7.94. The lowest BCUT2D eigenvalue weighted by molar-refractivity contribution is -0.137. The lowest BCUT2D eigenvalue weighted by Gasteiger charge is -2.13. The molecule has 1 aromatic carbocycles. The van der Waals surface area contributed by atoms with Crippen LogP contribution < -0.4 is 10.6 Å². The zero-order chi connectivity index (χ0) is 15.5. The molecule has 0 aromatic heterocycles. The highest BCUT2D eigenvalue weighted by atomic mass is 16.4. The van der Waals surface area contributed by atoms with Crippen molar-refractivity contribution in [3.63, 3.8) is 0 Å². The summed E-state index contributed by atoms with van der Waals surface area (Å²) in [5, 5.41) is 14.1. The van der Waals surface area contributed by atoms with Gasteiger partial charge in [-0.15, -0.1) is 0 Å². The maximum Gasteiger partial charge on any atom is 0.314 e. The number of carbonyl (C=O) groups excluding carboxylic acids is 1. The summed E-state index contributed by atoms with van der Waals surface area (Å²) in [6, 6.07) is 9.88. The Hall–Kier alpha value is -2.04. The van der Waals surface area contributed by atoms with E-state index in [1.807, 2.05) is 30.3 Å². The highest BCUT2D eigenvalue weighted by Gasteiger charge is 2.06. The van der Waals surface area contributed by atoms with Crippen molar-refractivity contribution in [1.82, 2.24) is 10.6 Å². The first-order valence-corrected chi connectivity index (χ1v) is 7.38. The second kappa shape index (κ2) is 9.80. The number of amides is 2. The first-order valence-electron chi connectivity index (χ1n) is 7.38. The Bertz CT molecular complexity index is 434. The van der Waals surface area contributed by atoms with Crippen LogP contribution in [0.4, 0.5) is 4.79 Å². The average molecular weight is 292 g/mol. The largest absolute Gasteiger partial charge is 0.481 e. The van der Waals surface area contributed by atoms with Crippen molar-refractivity contribution in [2.24, 2.45) is 0 Å². The number of unbranched alkanes of at least 4 members (excludes halogenated alkanes) is 2. The van der Waals surface area contributed by atoms with Crippen molar-refractivity contribution in [3.05, 3.63) is 35.9 Å². The minimum absolute atomic E-state index is 0.170. The molecule has 116 valence electrons. The summed E-state index contributed by atoms with van der Waals surface area (Å²) in [6.45, 7) is 3.24. The number of carboxylic acids is 1. The van der Waals surface area contributed by atoms with Crippen molar-refractivity contribution in [3.8, 4) is 0 Å². The maximum absolute atomic E-state index is 11.6. The van der Waals surface area contributed by atoms with Crippen LogP contribution in [0.15, 0.2) is 30.3 Å². The maximum atomic E-state index is 11.6. The summed E-state index contributed by atoms with van der Waals surface area (Å²) in [5.41, 5.74) is 1.20. The number of hydrogen-bond acceptors (Lipinski definition) is 2. The van der Waals surface area contributed by atoms with E-state index in [0.29, 0.717) is 19.5 Å². The number of benzene rings is 1. The Morgan fingerprint density at radius 2 is 1.81 bits per heavy atom. The van der Waals surface area contributed by atoms with Crippen LogP contribution in [-0.4, -0.2) is 30.2 Å². The van der Waals surface area contributed by atoms with Gasteiger partial charge in [-0.1, -0.05) is 43.7 Å². The molecule has 0 aliphatic rings. The lowest BCUT2D eigenvalue weighted by Crippen LogP contribution is -2.37. The molecule has 0 fully saturated rings. The molecule has 5 nitrogen and oxygen atoms in total. The van der Waals surface area contributed by atoms with E-state index in [1.54, 1.807) is 0 Å². The zero-order valence-electron chi connectivity index (χ0n) is 12.5. The summed E-state index contributed by atoms with van der Waals surface area (Å²) in [4.78, 5) is 21.9. The number of nitrogens with one attached hydrogen (secondary N) is 2.